The monoisotopic (exact) mass is 252 g/mol. The van der Waals surface area contributed by atoms with Gasteiger partial charge >= 0.3 is 0 Å². The van der Waals surface area contributed by atoms with Crippen molar-refractivity contribution in [2.45, 2.75) is 13.5 Å². The minimum atomic E-state index is 0.754. The number of hydrogen-bond acceptors (Lipinski definition) is 3. The topological polar surface area (TPSA) is 38.1 Å². The van der Waals surface area contributed by atoms with Gasteiger partial charge < -0.3 is 9.73 Å². The second-order valence-corrected chi connectivity index (χ2v) is 4.45. The predicted molar refractivity (Wildman–Crippen MR) is 76.8 cm³/mol. The van der Waals surface area contributed by atoms with E-state index >= 15 is 0 Å². The van der Waals surface area contributed by atoms with Crippen molar-refractivity contribution in [3.63, 3.8) is 0 Å². The lowest BCUT2D eigenvalue weighted by molar-refractivity contribution is 0.489. The van der Waals surface area contributed by atoms with Gasteiger partial charge in [-0.2, -0.15) is 0 Å². The zero-order valence-corrected chi connectivity index (χ0v) is 10.9. The first kappa shape index (κ1) is 11.9. The third kappa shape index (κ3) is 2.37. The Hall–Kier alpha value is -2.13. The van der Waals surface area contributed by atoms with Gasteiger partial charge in [0.25, 0.3) is 0 Å². The van der Waals surface area contributed by atoms with E-state index in [-0.39, 0.29) is 0 Å². The molecule has 2 heterocycles. The number of pyridine rings is 1. The molecule has 0 saturated heterocycles. The van der Waals surface area contributed by atoms with Gasteiger partial charge in [0.1, 0.15) is 5.76 Å². The molecule has 0 atom stereocenters. The van der Waals surface area contributed by atoms with Crippen molar-refractivity contribution in [1.29, 1.82) is 0 Å². The fourth-order valence-electron chi connectivity index (χ4n) is 2.22. The molecule has 0 fully saturated rings. The fraction of sp³-hybridized carbons (Fsp3) is 0.188. The molecular weight excluding hydrogens is 236 g/mol. The van der Waals surface area contributed by atoms with Gasteiger partial charge in [0.15, 0.2) is 0 Å². The number of nitrogens with zero attached hydrogens (tertiary/aromatic N) is 1. The maximum absolute atomic E-state index is 5.56. The van der Waals surface area contributed by atoms with Crippen LogP contribution in [0.15, 0.2) is 53.3 Å². The molecule has 0 bridgehead atoms. The fourth-order valence-corrected chi connectivity index (χ4v) is 2.22. The van der Waals surface area contributed by atoms with Gasteiger partial charge in [-0.15, -0.1) is 0 Å². The Morgan fingerprint density at radius 1 is 1.21 bits per heavy atom. The van der Waals surface area contributed by atoms with E-state index in [2.05, 4.69) is 41.5 Å². The minimum Gasteiger partial charge on any atom is -0.467 e. The highest BCUT2D eigenvalue weighted by Gasteiger charge is 2.08. The summed E-state index contributed by atoms with van der Waals surface area (Å²) in [5.74, 6) is 0.977. The molecule has 1 N–H and O–H groups in total. The third-order valence-electron chi connectivity index (χ3n) is 3.19. The van der Waals surface area contributed by atoms with Crippen molar-refractivity contribution in [3.8, 4) is 11.1 Å². The van der Waals surface area contributed by atoms with Crippen LogP contribution >= 0.6 is 0 Å². The van der Waals surface area contributed by atoms with Crippen molar-refractivity contribution >= 4 is 10.9 Å². The average molecular weight is 252 g/mol. The maximum atomic E-state index is 5.56. The van der Waals surface area contributed by atoms with Crippen molar-refractivity contribution in [1.82, 2.24) is 10.3 Å². The van der Waals surface area contributed by atoms with Crippen LogP contribution in [0, 0.1) is 0 Å². The van der Waals surface area contributed by atoms with Crippen molar-refractivity contribution < 1.29 is 4.42 Å². The first-order chi connectivity index (χ1) is 9.38. The molecule has 0 spiro atoms. The number of benzene rings is 1. The summed E-state index contributed by atoms with van der Waals surface area (Å²) < 4.78 is 5.56. The van der Waals surface area contributed by atoms with Gasteiger partial charge in [-0.1, -0.05) is 19.1 Å². The van der Waals surface area contributed by atoms with Crippen LogP contribution < -0.4 is 5.32 Å². The molecule has 0 radical (unpaired) electrons. The third-order valence-corrected chi connectivity index (χ3v) is 3.19. The highest BCUT2D eigenvalue weighted by molar-refractivity contribution is 5.84. The standard InChI is InChI=1S/C16H16N2O/c1-2-17-11-16-14(7-9-19-16)12-5-6-15-13(10-12)4-3-8-18-15/h3-10,17H,2,11H2,1H3. The van der Waals surface area contributed by atoms with E-state index in [1.807, 2.05) is 18.3 Å². The number of aromatic nitrogens is 1. The normalized spacial score (nSPS) is 11.0. The number of rotatable bonds is 4. The van der Waals surface area contributed by atoms with E-state index in [4.69, 9.17) is 4.42 Å². The minimum absolute atomic E-state index is 0.754. The van der Waals surface area contributed by atoms with E-state index in [9.17, 15) is 0 Å². The first-order valence-corrected chi connectivity index (χ1v) is 6.50. The molecule has 0 aliphatic heterocycles. The van der Waals surface area contributed by atoms with Gasteiger partial charge in [0.05, 0.1) is 18.3 Å². The number of fused-ring (bicyclic) bond motifs is 1. The van der Waals surface area contributed by atoms with Crippen molar-refractivity contribution in [2.75, 3.05) is 6.54 Å². The molecule has 3 rings (SSSR count). The van der Waals surface area contributed by atoms with Crippen LogP contribution in [-0.4, -0.2) is 11.5 Å². The average Bonchev–Trinajstić information content (AvgIpc) is 2.93. The van der Waals surface area contributed by atoms with Crippen LogP contribution in [0.3, 0.4) is 0 Å². The SMILES string of the molecule is CCNCc1occc1-c1ccc2ncccc2c1. The second-order valence-electron chi connectivity index (χ2n) is 4.45. The summed E-state index contributed by atoms with van der Waals surface area (Å²) in [6, 6.07) is 12.4. The van der Waals surface area contributed by atoms with Gasteiger partial charge in [0, 0.05) is 17.1 Å². The molecule has 0 aliphatic rings. The smallest absolute Gasteiger partial charge is 0.125 e. The van der Waals surface area contributed by atoms with Crippen LogP contribution in [0.4, 0.5) is 0 Å². The largest absolute Gasteiger partial charge is 0.467 e. The summed E-state index contributed by atoms with van der Waals surface area (Å²) in [7, 11) is 0. The Morgan fingerprint density at radius 2 is 2.16 bits per heavy atom. The predicted octanol–water partition coefficient (Wildman–Crippen LogP) is 3.60. The highest BCUT2D eigenvalue weighted by atomic mass is 16.3. The molecule has 3 nitrogen and oxygen atoms in total. The summed E-state index contributed by atoms with van der Waals surface area (Å²) in [4.78, 5) is 4.34. The molecular formula is C16H16N2O. The van der Waals surface area contributed by atoms with Crippen LogP contribution in [0.25, 0.3) is 22.0 Å². The molecule has 0 saturated carbocycles. The highest BCUT2D eigenvalue weighted by Crippen LogP contribution is 2.27. The Labute approximate surface area is 112 Å². The van der Waals surface area contributed by atoms with E-state index in [0.29, 0.717) is 0 Å². The molecule has 0 amide bonds. The first-order valence-electron chi connectivity index (χ1n) is 6.50. The summed E-state index contributed by atoms with van der Waals surface area (Å²) in [6.07, 6.45) is 3.56. The summed E-state index contributed by atoms with van der Waals surface area (Å²) >= 11 is 0. The van der Waals surface area contributed by atoms with Crippen LogP contribution in [-0.2, 0) is 6.54 Å². The van der Waals surface area contributed by atoms with Crippen LogP contribution in [0.5, 0.6) is 0 Å². The lowest BCUT2D eigenvalue weighted by Crippen LogP contribution is -2.11. The van der Waals surface area contributed by atoms with E-state index in [1.54, 1.807) is 6.26 Å². The lowest BCUT2D eigenvalue weighted by Gasteiger charge is -2.05. The Bertz CT molecular complexity index is 688. The number of hydrogen-bond donors (Lipinski definition) is 1. The molecule has 2 aromatic heterocycles. The lowest BCUT2D eigenvalue weighted by atomic mass is 10.0. The van der Waals surface area contributed by atoms with Gasteiger partial charge in [0.2, 0.25) is 0 Å². The van der Waals surface area contributed by atoms with Crippen molar-refractivity contribution in [2.24, 2.45) is 0 Å². The molecule has 3 heteroatoms. The molecule has 96 valence electrons. The molecule has 19 heavy (non-hydrogen) atoms. The molecule has 0 unspecified atom stereocenters. The molecule has 3 aromatic rings. The van der Waals surface area contributed by atoms with E-state index in [1.165, 1.54) is 5.56 Å². The van der Waals surface area contributed by atoms with Crippen molar-refractivity contribution in [3.05, 3.63) is 54.6 Å². The second kappa shape index (κ2) is 5.24. The van der Waals surface area contributed by atoms with Gasteiger partial charge in [-0.3, -0.25) is 4.98 Å². The maximum Gasteiger partial charge on any atom is 0.125 e. The quantitative estimate of drug-likeness (QED) is 0.771. The van der Waals surface area contributed by atoms with Crippen LogP contribution in [0.2, 0.25) is 0 Å². The van der Waals surface area contributed by atoms with E-state index in [0.717, 1.165) is 35.3 Å². The number of furan rings is 1. The Balaban J connectivity index is 2.01. The molecule has 0 aliphatic carbocycles. The van der Waals surface area contributed by atoms with Gasteiger partial charge in [-0.25, -0.2) is 0 Å². The summed E-state index contributed by atoms with van der Waals surface area (Å²) in [5, 5.41) is 4.44. The molecule has 1 aromatic carbocycles. The summed E-state index contributed by atoms with van der Waals surface area (Å²) in [6.45, 7) is 3.77. The Kier molecular flexibility index (Phi) is 3.29. The van der Waals surface area contributed by atoms with Gasteiger partial charge in [-0.05, 0) is 36.4 Å². The van der Waals surface area contributed by atoms with Crippen LogP contribution in [0.1, 0.15) is 12.7 Å². The Morgan fingerprint density at radius 3 is 3.05 bits per heavy atom. The zero-order chi connectivity index (χ0) is 13.1. The summed E-state index contributed by atoms with van der Waals surface area (Å²) in [5.41, 5.74) is 3.33. The van der Waals surface area contributed by atoms with E-state index < -0.39 is 0 Å². The number of nitrogens with one attached hydrogen (secondary N) is 1. The zero-order valence-electron chi connectivity index (χ0n) is 10.9.